The van der Waals surface area contributed by atoms with Gasteiger partial charge in [0, 0.05) is 24.7 Å². The number of carbonyl (C=O) groups is 2. The molecule has 1 aliphatic rings. The van der Waals surface area contributed by atoms with Gasteiger partial charge in [-0.2, -0.15) is 0 Å². The van der Waals surface area contributed by atoms with Crippen LogP contribution in [0.25, 0.3) is 10.2 Å². The molecule has 0 fully saturated rings. The maximum atomic E-state index is 12.8. The number of allylic oxidation sites excluding steroid dienone is 1. The first-order chi connectivity index (χ1) is 15.1. The number of nitrogens with zero attached hydrogens (tertiary/aromatic N) is 1. The van der Waals surface area contributed by atoms with Gasteiger partial charge in [-0.15, -0.1) is 11.3 Å². The van der Waals surface area contributed by atoms with Crippen LogP contribution in [0.5, 0.6) is 0 Å². The molecule has 0 saturated carbocycles. The SMILES string of the molecule is CC1=CCC(c2ccc3sc(C)nc3c2)OC(=O)CCC(C)(C)C(=O)CCC(C)CCC1. The minimum absolute atomic E-state index is 0.239. The van der Waals surface area contributed by atoms with Crippen LogP contribution in [0.4, 0.5) is 0 Å². The molecule has 0 saturated heterocycles. The predicted octanol–water partition coefficient (Wildman–Crippen LogP) is 7.50. The second kappa shape index (κ2) is 10.7. The van der Waals surface area contributed by atoms with Gasteiger partial charge in [0.05, 0.1) is 15.2 Å². The third kappa shape index (κ3) is 6.74. The summed E-state index contributed by atoms with van der Waals surface area (Å²) in [5.74, 6) is 0.555. The smallest absolute Gasteiger partial charge is 0.306 e. The van der Waals surface area contributed by atoms with E-state index in [9.17, 15) is 9.59 Å². The monoisotopic (exact) mass is 455 g/mol. The molecule has 174 valence electrons. The highest BCUT2D eigenvalue weighted by atomic mass is 32.1. The number of hydrogen-bond donors (Lipinski definition) is 0. The quantitative estimate of drug-likeness (QED) is 0.330. The molecule has 0 bridgehead atoms. The number of aryl methyl sites for hydroxylation is 1. The van der Waals surface area contributed by atoms with E-state index in [1.54, 1.807) is 11.3 Å². The summed E-state index contributed by atoms with van der Waals surface area (Å²) in [6.45, 7) is 10.3. The molecule has 0 N–H and O–H groups in total. The largest absolute Gasteiger partial charge is 0.457 e. The molecule has 0 amide bonds. The van der Waals surface area contributed by atoms with E-state index in [1.165, 1.54) is 5.57 Å². The molecule has 32 heavy (non-hydrogen) atoms. The van der Waals surface area contributed by atoms with Crippen LogP contribution < -0.4 is 0 Å². The molecule has 1 aromatic carbocycles. The molecule has 2 aromatic rings. The fraction of sp³-hybridized carbons (Fsp3) is 0.593. The summed E-state index contributed by atoms with van der Waals surface area (Å²) in [4.78, 5) is 30.2. The number of hydrogen-bond acceptors (Lipinski definition) is 5. The Hall–Kier alpha value is -2.01. The van der Waals surface area contributed by atoms with Crippen molar-refractivity contribution in [2.45, 2.75) is 92.1 Å². The summed E-state index contributed by atoms with van der Waals surface area (Å²) >= 11 is 1.67. The summed E-state index contributed by atoms with van der Waals surface area (Å²) in [6.07, 6.45) is 8.12. The minimum atomic E-state index is -0.501. The van der Waals surface area contributed by atoms with Crippen molar-refractivity contribution >= 4 is 33.3 Å². The van der Waals surface area contributed by atoms with Crippen molar-refractivity contribution in [3.63, 3.8) is 0 Å². The van der Waals surface area contributed by atoms with Crippen molar-refractivity contribution in [3.8, 4) is 0 Å². The van der Waals surface area contributed by atoms with Crippen molar-refractivity contribution in [1.82, 2.24) is 4.98 Å². The van der Waals surface area contributed by atoms with Gasteiger partial charge in [-0.3, -0.25) is 9.59 Å². The Morgan fingerprint density at radius 1 is 1.09 bits per heavy atom. The Morgan fingerprint density at radius 3 is 2.66 bits per heavy atom. The maximum Gasteiger partial charge on any atom is 0.306 e. The van der Waals surface area contributed by atoms with E-state index in [4.69, 9.17) is 4.74 Å². The first-order valence-corrected chi connectivity index (χ1v) is 12.7. The Kier molecular flexibility index (Phi) is 8.26. The molecule has 1 aromatic heterocycles. The zero-order valence-electron chi connectivity index (χ0n) is 20.2. The van der Waals surface area contributed by atoms with Gasteiger partial charge in [0.1, 0.15) is 11.9 Å². The highest BCUT2D eigenvalue weighted by Crippen LogP contribution is 2.32. The molecule has 5 heteroatoms. The van der Waals surface area contributed by atoms with E-state index in [1.807, 2.05) is 26.8 Å². The Balaban J connectivity index is 1.83. The van der Waals surface area contributed by atoms with Gasteiger partial charge in [0.25, 0.3) is 0 Å². The molecule has 2 unspecified atom stereocenters. The molecule has 0 aliphatic carbocycles. The molecule has 4 nitrogen and oxygen atoms in total. The third-order valence-corrected chi connectivity index (χ3v) is 7.64. The van der Waals surface area contributed by atoms with Crippen molar-refractivity contribution < 1.29 is 14.3 Å². The van der Waals surface area contributed by atoms with Crippen LogP contribution >= 0.6 is 11.3 Å². The highest BCUT2D eigenvalue weighted by Gasteiger charge is 2.29. The van der Waals surface area contributed by atoms with Crippen LogP contribution in [-0.2, 0) is 14.3 Å². The summed E-state index contributed by atoms with van der Waals surface area (Å²) in [5.41, 5.74) is 2.76. The molecule has 0 radical (unpaired) electrons. The molecular formula is C27H37NO3S. The Bertz CT molecular complexity index is 988. The topological polar surface area (TPSA) is 56.3 Å². The maximum absolute atomic E-state index is 12.8. The molecule has 0 spiro atoms. The van der Waals surface area contributed by atoms with Crippen LogP contribution in [-0.4, -0.2) is 16.7 Å². The molecular weight excluding hydrogens is 418 g/mol. The fourth-order valence-electron chi connectivity index (χ4n) is 4.28. The lowest BCUT2D eigenvalue weighted by molar-refractivity contribution is -0.150. The molecule has 2 heterocycles. The average Bonchev–Trinajstić information content (AvgIpc) is 3.12. The van der Waals surface area contributed by atoms with Crippen molar-refractivity contribution in [3.05, 3.63) is 40.4 Å². The number of benzene rings is 1. The summed E-state index contributed by atoms with van der Waals surface area (Å²) in [7, 11) is 0. The van der Waals surface area contributed by atoms with E-state index in [2.05, 4.69) is 37.0 Å². The number of esters is 1. The van der Waals surface area contributed by atoms with E-state index in [0.717, 1.165) is 46.5 Å². The second-order valence-corrected chi connectivity index (χ2v) is 11.3. The van der Waals surface area contributed by atoms with Crippen LogP contribution in [0.1, 0.15) is 95.7 Å². The normalized spacial score (nSPS) is 24.2. The highest BCUT2D eigenvalue weighted by molar-refractivity contribution is 7.18. The molecule has 1 aliphatic heterocycles. The first kappa shape index (κ1) is 24.6. The Morgan fingerprint density at radius 2 is 1.88 bits per heavy atom. The summed E-state index contributed by atoms with van der Waals surface area (Å²) in [6, 6.07) is 6.17. The third-order valence-electron chi connectivity index (χ3n) is 6.69. The lowest BCUT2D eigenvalue weighted by Crippen LogP contribution is -2.26. The number of thiazole rings is 1. The number of ether oxygens (including phenoxy) is 1. The van der Waals surface area contributed by atoms with Crippen LogP contribution in [0.2, 0.25) is 0 Å². The fourth-order valence-corrected chi connectivity index (χ4v) is 5.09. The number of cyclic esters (lactones) is 1. The van der Waals surface area contributed by atoms with Gasteiger partial charge in [-0.05, 0) is 63.1 Å². The van der Waals surface area contributed by atoms with Crippen LogP contribution in [0.3, 0.4) is 0 Å². The van der Waals surface area contributed by atoms with Crippen molar-refractivity contribution in [2.75, 3.05) is 0 Å². The minimum Gasteiger partial charge on any atom is -0.457 e. The second-order valence-electron chi connectivity index (χ2n) is 10.1. The van der Waals surface area contributed by atoms with Gasteiger partial charge in [-0.1, -0.05) is 44.9 Å². The van der Waals surface area contributed by atoms with Crippen LogP contribution in [0, 0.1) is 18.3 Å². The van der Waals surface area contributed by atoms with E-state index >= 15 is 0 Å². The molecule has 3 rings (SSSR count). The number of rotatable bonds is 1. The molecule has 2 atom stereocenters. The van der Waals surface area contributed by atoms with Gasteiger partial charge in [-0.25, -0.2) is 4.98 Å². The predicted molar refractivity (Wildman–Crippen MR) is 132 cm³/mol. The van der Waals surface area contributed by atoms with Crippen molar-refractivity contribution in [2.24, 2.45) is 11.3 Å². The Labute approximate surface area is 196 Å². The van der Waals surface area contributed by atoms with E-state index in [0.29, 0.717) is 25.2 Å². The van der Waals surface area contributed by atoms with Gasteiger partial charge in [0.2, 0.25) is 0 Å². The van der Waals surface area contributed by atoms with E-state index in [-0.39, 0.29) is 24.3 Å². The summed E-state index contributed by atoms with van der Waals surface area (Å²) in [5, 5.41) is 1.03. The standard InChI is InChI=1S/C27H37NO3S/c1-18-7-6-8-19(2)10-14-25(29)27(4,5)16-15-26(30)31-23(12-9-18)21-11-13-24-22(17-21)28-20(3)32-24/h9,11,13,17,19,23H,6-8,10,12,14-16H2,1-5H3. The number of aromatic nitrogens is 1. The number of Topliss-reactive ketones (excluding diaryl/α,β-unsaturated/α-hetero) is 1. The average molecular weight is 456 g/mol. The van der Waals surface area contributed by atoms with Crippen LogP contribution in [0.15, 0.2) is 29.8 Å². The van der Waals surface area contributed by atoms with Gasteiger partial charge >= 0.3 is 5.97 Å². The lowest BCUT2D eigenvalue weighted by Gasteiger charge is -2.24. The van der Waals surface area contributed by atoms with E-state index < -0.39 is 5.41 Å². The summed E-state index contributed by atoms with van der Waals surface area (Å²) < 4.78 is 7.11. The zero-order valence-corrected chi connectivity index (χ0v) is 21.0. The van der Waals surface area contributed by atoms with Gasteiger partial charge in [0.15, 0.2) is 0 Å². The first-order valence-electron chi connectivity index (χ1n) is 11.9. The zero-order chi connectivity index (χ0) is 23.3. The lowest BCUT2D eigenvalue weighted by atomic mass is 9.80. The number of ketones is 1. The number of fused-ring (bicyclic) bond motifs is 1. The van der Waals surface area contributed by atoms with Crippen molar-refractivity contribution in [1.29, 1.82) is 0 Å². The van der Waals surface area contributed by atoms with Gasteiger partial charge < -0.3 is 4.74 Å². The number of carbonyl (C=O) groups excluding carboxylic acids is 2.